The van der Waals surface area contributed by atoms with Crippen molar-refractivity contribution in [2.45, 2.75) is 30.7 Å². The van der Waals surface area contributed by atoms with Gasteiger partial charge < -0.3 is 19.3 Å². The van der Waals surface area contributed by atoms with E-state index in [9.17, 15) is 9.59 Å². The highest BCUT2D eigenvalue weighted by molar-refractivity contribution is 5.93. The van der Waals surface area contributed by atoms with Gasteiger partial charge in [0.2, 0.25) is 0 Å². The molecule has 2 aliphatic heterocycles. The van der Waals surface area contributed by atoms with E-state index in [-0.39, 0.29) is 23.9 Å². The van der Waals surface area contributed by atoms with E-state index in [2.05, 4.69) is 13.2 Å². The van der Waals surface area contributed by atoms with Gasteiger partial charge in [0.25, 0.3) is 11.8 Å². The fraction of sp³-hybridized carbons (Fsp3) is 0.400. The normalized spacial score (nSPS) is 27.6. The lowest BCUT2D eigenvalue weighted by Gasteiger charge is -2.57. The number of carbonyl (C=O) groups is 2. The number of benzene rings is 1. The molecule has 2 fully saturated rings. The predicted molar refractivity (Wildman–Crippen MR) is 97.7 cm³/mol. The molecule has 0 N–H and O–H groups in total. The van der Waals surface area contributed by atoms with Crippen molar-refractivity contribution in [1.82, 2.24) is 9.80 Å². The molecule has 6 nitrogen and oxygen atoms in total. The van der Waals surface area contributed by atoms with Crippen LogP contribution in [-0.4, -0.2) is 66.1 Å². The van der Waals surface area contributed by atoms with Crippen LogP contribution in [0.1, 0.15) is 6.42 Å². The number of para-hydroxylation sites is 1. The molecule has 4 atom stereocenters. The summed E-state index contributed by atoms with van der Waals surface area (Å²) < 4.78 is 11.4. The summed E-state index contributed by atoms with van der Waals surface area (Å²) in [4.78, 5) is 28.4. The number of methoxy groups -OCH3 is 1. The Morgan fingerprint density at radius 2 is 1.65 bits per heavy atom. The highest BCUT2D eigenvalue weighted by atomic mass is 16.5. The van der Waals surface area contributed by atoms with Crippen LogP contribution in [-0.2, 0) is 14.3 Å². The summed E-state index contributed by atoms with van der Waals surface area (Å²) in [5.41, 5.74) is 0. The molecule has 0 aliphatic carbocycles. The molecule has 0 radical (unpaired) electrons. The second-order valence-electron chi connectivity index (χ2n) is 6.38. The third-order valence-corrected chi connectivity index (χ3v) is 4.90. The maximum Gasteiger partial charge on any atom is 0.266 e. The lowest BCUT2D eigenvalue weighted by Crippen LogP contribution is -2.81. The van der Waals surface area contributed by atoms with Crippen LogP contribution in [0.4, 0.5) is 0 Å². The second-order valence-corrected chi connectivity index (χ2v) is 6.38. The molecule has 0 aromatic heterocycles. The Kier molecular flexibility index (Phi) is 5.42. The second kappa shape index (κ2) is 7.74. The van der Waals surface area contributed by atoms with Crippen molar-refractivity contribution in [1.29, 1.82) is 0 Å². The molecule has 2 saturated heterocycles. The van der Waals surface area contributed by atoms with Crippen LogP contribution in [0.2, 0.25) is 0 Å². The number of nitrogens with zero attached hydrogens (tertiary/aromatic N) is 2. The molecule has 1 aromatic carbocycles. The standard InChI is InChI=1S/C20H24N2O4/c1-4-6-13-22-16(15-17(25-3)19(23)21(15)12-5-2)18(20(22)24)26-14-10-8-7-9-11-14/h4-5,7-11,15-18H,1-2,6,12-13H2,3H3/t15-,16-,17+,18+/m0/s1. The first kappa shape index (κ1) is 18.2. The average molecular weight is 356 g/mol. The summed E-state index contributed by atoms with van der Waals surface area (Å²) in [5, 5.41) is 0. The van der Waals surface area contributed by atoms with Gasteiger partial charge in [-0.05, 0) is 18.6 Å². The Hall–Kier alpha value is -2.60. The van der Waals surface area contributed by atoms with Gasteiger partial charge in [-0.1, -0.05) is 30.4 Å². The minimum atomic E-state index is -0.634. The number of β-lactam (4-membered cyclic amide) rings is 2. The van der Waals surface area contributed by atoms with Crippen LogP contribution < -0.4 is 4.74 Å². The van der Waals surface area contributed by atoms with E-state index in [0.29, 0.717) is 25.3 Å². The van der Waals surface area contributed by atoms with Crippen molar-refractivity contribution < 1.29 is 19.1 Å². The SMILES string of the molecule is C=CCCN1C(=O)[C@H](Oc2ccccc2)[C@@H]1[C@H]1[C@@H](OC)C(=O)N1CC=C. The van der Waals surface area contributed by atoms with Gasteiger partial charge in [0, 0.05) is 20.2 Å². The molecule has 0 spiro atoms. The molecule has 2 aliphatic rings. The van der Waals surface area contributed by atoms with Gasteiger partial charge in [0.1, 0.15) is 11.8 Å². The summed E-state index contributed by atoms with van der Waals surface area (Å²) in [7, 11) is 1.52. The quantitative estimate of drug-likeness (QED) is 0.498. The monoisotopic (exact) mass is 356 g/mol. The average Bonchev–Trinajstić information content (AvgIpc) is 2.67. The molecule has 0 unspecified atom stereocenters. The third kappa shape index (κ3) is 3.01. The van der Waals surface area contributed by atoms with Crippen molar-refractivity contribution in [3.05, 3.63) is 55.6 Å². The molecule has 3 rings (SSSR count). The summed E-state index contributed by atoms with van der Waals surface area (Å²) >= 11 is 0. The highest BCUT2D eigenvalue weighted by Crippen LogP contribution is 2.37. The van der Waals surface area contributed by atoms with E-state index in [1.54, 1.807) is 22.0 Å². The van der Waals surface area contributed by atoms with Gasteiger partial charge in [-0.3, -0.25) is 9.59 Å². The van der Waals surface area contributed by atoms with Crippen LogP contribution in [0, 0.1) is 0 Å². The molecule has 0 saturated carbocycles. The molecule has 6 heteroatoms. The maximum absolute atomic E-state index is 12.7. The fourth-order valence-corrected chi connectivity index (χ4v) is 3.65. The number of rotatable bonds is 9. The number of ether oxygens (including phenoxy) is 2. The number of amides is 2. The van der Waals surface area contributed by atoms with Crippen molar-refractivity contribution in [3.63, 3.8) is 0 Å². The molecule has 26 heavy (non-hydrogen) atoms. The minimum Gasteiger partial charge on any atom is -0.478 e. The van der Waals surface area contributed by atoms with E-state index >= 15 is 0 Å². The Bertz CT molecular complexity index is 690. The molecule has 0 bridgehead atoms. The number of carbonyl (C=O) groups excluding carboxylic acids is 2. The van der Waals surface area contributed by atoms with Gasteiger partial charge in [0.15, 0.2) is 12.2 Å². The molecule has 2 heterocycles. The number of hydrogen-bond donors (Lipinski definition) is 0. The lowest BCUT2D eigenvalue weighted by molar-refractivity contribution is -0.197. The summed E-state index contributed by atoms with van der Waals surface area (Å²) in [6, 6.07) is 8.73. The minimum absolute atomic E-state index is 0.0755. The first-order valence-corrected chi connectivity index (χ1v) is 8.71. The predicted octanol–water partition coefficient (Wildman–Crippen LogP) is 1.63. The van der Waals surface area contributed by atoms with Crippen molar-refractivity contribution in [2.75, 3.05) is 20.2 Å². The first-order valence-electron chi connectivity index (χ1n) is 8.71. The third-order valence-electron chi connectivity index (χ3n) is 4.90. The van der Waals surface area contributed by atoms with Gasteiger partial charge >= 0.3 is 0 Å². The first-order chi connectivity index (χ1) is 12.6. The van der Waals surface area contributed by atoms with Crippen LogP contribution in [0.15, 0.2) is 55.6 Å². The zero-order chi connectivity index (χ0) is 18.7. The summed E-state index contributed by atoms with van der Waals surface area (Å²) in [5.74, 6) is 0.474. The van der Waals surface area contributed by atoms with Gasteiger partial charge in [-0.2, -0.15) is 0 Å². The molecular formula is C20H24N2O4. The van der Waals surface area contributed by atoms with Crippen molar-refractivity contribution in [2.24, 2.45) is 0 Å². The van der Waals surface area contributed by atoms with E-state index in [4.69, 9.17) is 9.47 Å². The van der Waals surface area contributed by atoms with Crippen LogP contribution in [0.25, 0.3) is 0 Å². The molecule has 138 valence electrons. The lowest BCUT2D eigenvalue weighted by atomic mass is 9.80. The maximum atomic E-state index is 12.7. The largest absolute Gasteiger partial charge is 0.478 e. The van der Waals surface area contributed by atoms with E-state index in [1.807, 2.05) is 30.3 Å². The highest BCUT2D eigenvalue weighted by Gasteiger charge is 2.62. The molecular weight excluding hydrogens is 332 g/mol. The number of hydrogen-bond acceptors (Lipinski definition) is 4. The van der Waals surface area contributed by atoms with Gasteiger partial charge in [0.05, 0.1) is 6.04 Å². The number of likely N-dealkylation sites (tertiary alicyclic amines) is 2. The van der Waals surface area contributed by atoms with Crippen LogP contribution in [0.3, 0.4) is 0 Å². The van der Waals surface area contributed by atoms with Crippen molar-refractivity contribution >= 4 is 11.8 Å². The smallest absolute Gasteiger partial charge is 0.266 e. The Morgan fingerprint density at radius 3 is 2.27 bits per heavy atom. The van der Waals surface area contributed by atoms with Gasteiger partial charge in [-0.25, -0.2) is 0 Å². The Morgan fingerprint density at radius 1 is 1.00 bits per heavy atom. The van der Waals surface area contributed by atoms with Crippen LogP contribution >= 0.6 is 0 Å². The Labute approximate surface area is 153 Å². The summed E-state index contributed by atoms with van der Waals surface area (Å²) in [6.45, 7) is 8.40. The Balaban J connectivity index is 1.84. The van der Waals surface area contributed by atoms with E-state index in [0.717, 1.165) is 0 Å². The topological polar surface area (TPSA) is 59.1 Å². The van der Waals surface area contributed by atoms with Gasteiger partial charge in [-0.15, -0.1) is 13.2 Å². The van der Waals surface area contributed by atoms with Crippen LogP contribution in [0.5, 0.6) is 5.75 Å². The van der Waals surface area contributed by atoms with E-state index in [1.165, 1.54) is 7.11 Å². The fourth-order valence-electron chi connectivity index (χ4n) is 3.65. The zero-order valence-electron chi connectivity index (χ0n) is 14.9. The van der Waals surface area contributed by atoms with E-state index < -0.39 is 12.2 Å². The van der Waals surface area contributed by atoms with Crippen molar-refractivity contribution in [3.8, 4) is 5.75 Å². The molecule has 1 aromatic rings. The summed E-state index contributed by atoms with van der Waals surface area (Å²) in [6.07, 6.45) is 2.93. The zero-order valence-corrected chi connectivity index (χ0v) is 14.9. The molecule has 2 amide bonds.